The van der Waals surface area contributed by atoms with Crippen molar-refractivity contribution < 1.29 is 9.13 Å². The van der Waals surface area contributed by atoms with Gasteiger partial charge < -0.3 is 15.4 Å². The second-order valence-corrected chi connectivity index (χ2v) is 10.0. The molecule has 0 amide bonds. The monoisotopic (exact) mass is 550 g/mol. The molecule has 9 nitrogen and oxygen atoms in total. The normalized spacial score (nSPS) is 14.9. The van der Waals surface area contributed by atoms with E-state index in [0.717, 1.165) is 35.9 Å². The zero-order valence-electron chi connectivity index (χ0n) is 23.2. The number of ether oxygens (including phenoxy) is 1. The van der Waals surface area contributed by atoms with Crippen LogP contribution in [0.5, 0.6) is 5.75 Å². The summed E-state index contributed by atoms with van der Waals surface area (Å²) in [5.74, 6) is 2.17. The number of nitrogens with zero attached hydrogens (tertiary/aromatic N) is 6. The van der Waals surface area contributed by atoms with Crippen LogP contribution in [-0.2, 0) is 13.1 Å². The summed E-state index contributed by atoms with van der Waals surface area (Å²) in [5.41, 5.74) is 5.25. The molecule has 3 heterocycles. The van der Waals surface area contributed by atoms with Crippen LogP contribution in [-0.4, -0.2) is 50.3 Å². The van der Waals surface area contributed by atoms with Gasteiger partial charge in [0.25, 0.3) is 0 Å². The maximum absolute atomic E-state index is 15.0. The maximum atomic E-state index is 15.0. The zero-order valence-corrected chi connectivity index (χ0v) is 23.2. The topological polar surface area (TPSA) is 93.0 Å². The highest BCUT2D eigenvalue weighted by molar-refractivity contribution is 5.60. The van der Waals surface area contributed by atoms with E-state index < -0.39 is 5.82 Å². The van der Waals surface area contributed by atoms with Gasteiger partial charge in [-0.2, -0.15) is 10.1 Å². The Kier molecular flexibility index (Phi) is 7.30. The Labute approximate surface area is 238 Å². The quantitative estimate of drug-likeness (QED) is 0.264. The number of benzene rings is 3. The fraction of sp³-hybridized carbons (Fsp3) is 0.226. The fourth-order valence-corrected chi connectivity index (χ4v) is 5.26. The molecule has 0 bridgehead atoms. The molecule has 5 aromatic rings. The van der Waals surface area contributed by atoms with E-state index in [1.807, 2.05) is 25.2 Å². The zero-order chi connectivity index (χ0) is 28.3. The van der Waals surface area contributed by atoms with Gasteiger partial charge in [-0.15, -0.1) is 0 Å². The van der Waals surface area contributed by atoms with Gasteiger partial charge >= 0.3 is 0 Å². The third kappa shape index (κ3) is 5.59. The van der Waals surface area contributed by atoms with Gasteiger partial charge in [-0.3, -0.25) is 4.90 Å². The number of fused-ring (bicyclic) bond motifs is 1. The van der Waals surface area contributed by atoms with E-state index in [4.69, 9.17) is 14.7 Å². The van der Waals surface area contributed by atoms with Gasteiger partial charge in [0.05, 0.1) is 12.8 Å². The van der Waals surface area contributed by atoms with Gasteiger partial charge in [0.1, 0.15) is 29.4 Å². The molecule has 0 saturated heterocycles. The third-order valence-electron chi connectivity index (χ3n) is 7.25. The predicted molar refractivity (Wildman–Crippen MR) is 156 cm³/mol. The highest BCUT2D eigenvalue weighted by atomic mass is 19.1. The fourth-order valence-electron chi connectivity index (χ4n) is 5.26. The van der Waals surface area contributed by atoms with Gasteiger partial charge in [0.15, 0.2) is 5.82 Å². The third-order valence-corrected chi connectivity index (χ3v) is 7.25. The van der Waals surface area contributed by atoms with E-state index in [-0.39, 0.29) is 5.92 Å². The highest BCUT2D eigenvalue weighted by Crippen LogP contribution is 2.37. The summed E-state index contributed by atoms with van der Waals surface area (Å²) in [4.78, 5) is 16.3. The maximum Gasteiger partial charge on any atom is 0.229 e. The first kappa shape index (κ1) is 26.4. The van der Waals surface area contributed by atoms with Crippen LogP contribution < -0.4 is 15.4 Å². The largest absolute Gasteiger partial charge is 0.497 e. The molecule has 1 aliphatic heterocycles. The summed E-state index contributed by atoms with van der Waals surface area (Å²) in [5, 5.41) is 10.7. The highest BCUT2D eigenvalue weighted by Gasteiger charge is 2.31. The predicted octanol–water partition coefficient (Wildman–Crippen LogP) is 5.45. The standard InChI is InChI=1S/C31H31FN8O/c1-20-34-19-40(38-20)28-14-11-23(15-27(28)32)35-31-36-29-25(22-7-5-4-6-8-22)17-39(18-26(29)30(33-2)37-31)16-21-9-12-24(41-3)13-10-21/h4-15,19,25H,16-18H2,1-3H3,(H2,33,35,36,37). The van der Waals surface area contributed by atoms with E-state index >= 15 is 4.39 Å². The summed E-state index contributed by atoms with van der Waals surface area (Å²) in [6.45, 7) is 4.04. The number of aryl methyl sites for hydroxylation is 1. The molecule has 0 spiro atoms. The van der Waals surface area contributed by atoms with Crippen LogP contribution in [0.1, 0.15) is 34.1 Å². The van der Waals surface area contributed by atoms with Crippen molar-refractivity contribution in [1.82, 2.24) is 29.6 Å². The molecule has 0 fully saturated rings. The molecule has 2 aromatic heterocycles. The van der Waals surface area contributed by atoms with Crippen LogP contribution in [0, 0.1) is 12.7 Å². The first-order chi connectivity index (χ1) is 20.0. The number of hydrogen-bond acceptors (Lipinski definition) is 8. The van der Waals surface area contributed by atoms with Crippen LogP contribution in [0.15, 0.2) is 79.1 Å². The van der Waals surface area contributed by atoms with Gasteiger partial charge in [-0.25, -0.2) is 19.0 Å². The van der Waals surface area contributed by atoms with E-state index in [1.54, 1.807) is 26.2 Å². The lowest BCUT2D eigenvalue weighted by atomic mass is 9.88. The van der Waals surface area contributed by atoms with E-state index in [2.05, 4.69) is 62.0 Å². The average molecular weight is 551 g/mol. The van der Waals surface area contributed by atoms with Crippen LogP contribution in [0.4, 0.5) is 21.8 Å². The van der Waals surface area contributed by atoms with Crippen molar-refractivity contribution in [2.45, 2.75) is 25.9 Å². The summed E-state index contributed by atoms with van der Waals surface area (Å²) in [6, 6.07) is 23.4. The Morgan fingerprint density at radius 2 is 1.83 bits per heavy atom. The number of aromatic nitrogens is 5. The second-order valence-electron chi connectivity index (χ2n) is 10.0. The average Bonchev–Trinajstić information content (AvgIpc) is 3.43. The number of anilines is 3. The Morgan fingerprint density at radius 3 is 2.51 bits per heavy atom. The van der Waals surface area contributed by atoms with Crippen LogP contribution in [0.2, 0.25) is 0 Å². The minimum absolute atomic E-state index is 0.0310. The Bertz CT molecular complexity index is 1660. The van der Waals surface area contributed by atoms with E-state index in [9.17, 15) is 0 Å². The summed E-state index contributed by atoms with van der Waals surface area (Å²) < 4.78 is 21.8. The molecular weight excluding hydrogens is 519 g/mol. The number of nitrogens with one attached hydrogen (secondary N) is 2. The smallest absolute Gasteiger partial charge is 0.229 e. The Morgan fingerprint density at radius 1 is 1.02 bits per heavy atom. The second kappa shape index (κ2) is 11.3. The lowest BCUT2D eigenvalue weighted by Crippen LogP contribution is -2.35. The molecular formula is C31H31FN8O. The molecule has 1 atom stereocenters. The summed E-state index contributed by atoms with van der Waals surface area (Å²) in [7, 11) is 3.54. The number of hydrogen-bond donors (Lipinski definition) is 2. The molecule has 2 N–H and O–H groups in total. The number of rotatable bonds is 8. The molecule has 41 heavy (non-hydrogen) atoms. The molecule has 3 aromatic carbocycles. The minimum atomic E-state index is -0.428. The van der Waals surface area contributed by atoms with Gasteiger partial charge in [-0.05, 0) is 48.4 Å². The number of methoxy groups -OCH3 is 1. The molecule has 10 heteroatoms. The summed E-state index contributed by atoms with van der Waals surface area (Å²) in [6.07, 6.45) is 1.49. The molecule has 0 aliphatic carbocycles. The lowest BCUT2D eigenvalue weighted by Gasteiger charge is -2.35. The van der Waals surface area contributed by atoms with Crippen LogP contribution >= 0.6 is 0 Å². The summed E-state index contributed by atoms with van der Waals surface area (Å²) >= 11 is 0. The Balaban J connectivity index is 1.32. The molecule has 1 aliphatic rings. The van der Waals surface area contributed by atoms with E-state index in [1.165, 1.54) is 28.2 Å². The van der Waals surface area contributed by atoms with Gasteiger partial charge in [0, 0.05) is 43.9 Å². The van der Waals surface area contributed by atoms with Crippen molar-refractivity contribution in [3.8, 4) is 11.4 Å². The van der Waals surface area contributed by atoms with Crippen molar-refractivity contribution in [2.75, 3.05) is 31.3 Å². The SMILES string of the molecule is CNc1nc(Nc2ccc(-n3cnc(C)n3)c(F)c2)nc2c1CN(Cc1ccc(OC)cc1)CC2c1ccccc1. The van der Waals surface area contributed by atoms with Crippen LogP contribution in [0.25, 0.3) is 5.69 Å². The van der Waals surface area contributed by atoms with Crippen molar-refractivity contribution in [3.63, 3.8) is 0 Å². The molecule has 0 radical (unpaired) electrons. The van der Waals surface area contributed by atoms with Gasteiger partial charge in [0.2, 0.25) is 5.95 Å². The van der Waals surface area contributed by atoms with Crippen molar-refractivity contribution in [2.24, 2.45) is 0 Å². The molecule has 6 rings (SSSR count). The first-order valence-electron chi connectivity index (χ1n) is 13.4. The van der Waals surface area contributed by atoms with Crippen molar-refractivity contribution in [1.29, 1.82) is 0 Å². The van der Waals surface area contributed by atoms with E-state index in [0.29, 0.717) is 29.7 Å². The number of halogens is 1. The first-order valence-corrected chi connectivity index (χ1v) is 13.4. The lowest BCUT2D eigenvalue weighted by molar-refractivity contribution is 0.229. The molecule has 208 valence electrons. The molecule has 0 saturated carbocycles. The van der Waals surface area contributed by atoms with Crippen molar-refractivity contribution in [3.05, 3.63) is 113 Å². The minimum Gasteiger partial charge on any atom is -0.497 e. The van der Waals surface area contributed by atoms with Crippen LogP contribution in [0.3, 0.4) is 0 Å². The molecule has 1 unspecified atom stereocenters. The van der Waals surface area contributed by atoms with Crippen molar-refractivity contribution >= 4 is 17.5 Å². The Hall–Kier alpha value is -4.83. The van der Waals surface area contributed by atoms with Gasteiger partial charge in [-0.1, -0.05) is 42.5 Å².